The second-order valence-corrected chi connectivity index (χ2v) is 4.32. The quantitative estimate of drug-likeness (QED) is 0.770. The summed E-state index contributed by atoms with van der Waals surface area (Å²) in [4.78, 5) is 48.1. The highest BCUT2D eigenvalue weighted by Crippen LogP contribution is 2.15. The van der Waals surface area contributed by atoms with Crippen molar-refractivity contribution in [3.8, 4) is 0 Å². The van der Waals surface area contributed by atoms with Crippen molar-refractivity contribution in [1.82, 2.24) is 9.55 Å². The van der Waals surface area contributed by atoms with Crippen molar-refractivity contribution in [2.24, 2.45) is 0 Å². The second kappa shape index (κ2) is 6.53. The Morgan fingerprint density at radius 3 is 2.64 bits per heavy atom. The summed E-state index contributed by atoms with van der Waals surface area (Å²) in [6.45, 7) is -0.300. The molecule has 0 bridgehead atoms. The van der Waals surface area contributed by atoms with Gasteiger partial charge in [-0.05, 0) is 12.1 Å². The van der Waals surface area contributed by atoms with E-state index in [-0.39, 0.29) is 17.8 Å². The van der Waals surface area contributed by atoms with E-state index < -0.39 is 23.1 Å². The number of hydrogen-bond donors (Lipinski definition) is 2. The number of ether oxygens (including phenoxy) is 1. The van der Waals surface area contributed by atoms with Crippen LogP contribution in [0.2, 0.25) is 0 Å². The van der Waals surface area contributed by atoms with Crippen molar-refractivity contribution >= 4 is 17.6 Å². The number of esters is 1. The van der Waals surface area contributed by atoms with Crippen LogP contribution in [-0.4, -0.2) is 28.5 Å². The van der Waals surface area contributed by atoms with Gasteiger partial charge in [-0.2, -0.15) is 0 Å². The van der Waals surface area contributed by atoms with Crippen LogP contribution in [0.4, 0.5) is 5.69 Å². The smallest absolute Gasteiger partial charge is 0.339 e. The number of para-hydroxylation sites is 1. The molecule has 1 aromatic heterocycles. The zero-order valence-corrected chi connectivity index (χ0v) is 11.7. The topological polar surface area (TPSA) is 110 Å². The molecule has 0 aliphatic rings. The van der Waals surface area contributed by atoms with Crippen molar-refractivity contribution in [3.63, 3.8) is 0 Å². The van der Waals surface area contributed by atoms with Gasteiger partial charge >= 0.3 is 11.7 Å². The van der Waals surface area contributed by atoms with Gasteiger partial charge in [-0.3, -0.25) is 19.1 Å². The highest BCUT2D eigenvalue weighted by Gasteiger charge is 2.13. The molecule has 0 aliphatic carbocycles. The lowest BCUT2D eigenvalue weighted by Crippen LogP contribution is -2.32. The van der Waals surface area contributed by atoms with Crippen molar-refractivity contribution < 1.29 is 14.3 Å². The molecule has 0 atom stereocenters. The fourth-order valence-corrected chi connectivity index (χ4v) is 1.79. The summed E-state index contributed by atoms with van der Waals surface area (Å²) < 4.78 is 5.66. The van der Waals surface area contributed by atoms with Crippen LogP contribution < -0.4 is 16.6 Å². The molecule has 8 nitrogen and oxygen atoms in total. The number of carbonyl (C=O) groups is 2. The molecule has 2 N–H and O–H groups in total. The van der Waals surface area contributed by atoms with Crippen molar-refractivity contribution in [3.05, 3.63) is 62.9 Å². The third kappa shape index (κ3) is 3.48. The van der Waals surface area contributed by atoms with Gasteiger partial charge in [0.15, 0.2) is 0 Å². The molecule has 0 spiro atoms. The number of carbonyl (C=O) groups excluding carboxylic acids is 2. The van der Waals surface area contributed by atoms with E-state index in [1.54, 1.807) is 18.2 Å². The molecule has 0 aliphatic heterocycles. The first-order chi connectivity index (χ1) is 10.5. The maximum absolute atomic E-state index is 12.0. The largest absolute Gasteiger partial charge is 0.465 e. The number of hydrogen-bond acceptors (Lipinski definition) is 5. The third-order valence-electron chi connectivity index (χ3n) is 2.82. The predicted molar refractivity (Wildman–Crippen MR) is 77.7 cm³/mol. The molecular formula is C14H13N3O5. The van der Waals surface area contributed by atoms with E-state index in [0.29, 0.717) is 0 Å². The number of benzene rings is 1. The fraction of sp³-hybridized carbons (Fsp3) is 0.143. The molecule has 114 valence electrons. The minimum absolute atomic E-state index is 0.201. The van der Waals surface area contributed by atoms with E-state index in [1.807, 2.05) is 4.98 Å². The van der Waals surface area contributed by atoms with Gasteiger partial charge in [0.05, 0.1) is 18.4 Å². The summed E-state index contributed by atoms with van der Waals surface area (Å²) >= 11 is 0. The summed E-state index contributed by atoms with van der Waals surface area (Å²) in [6.07, 6.45) is 1.22. The summed E-state index contributed by atoms with van der Waals surface area (Å²) in [5.74, 6) is -1.11. The Hall–Kier alpha value is -3.16. The number of anilines is 1. The zero-order valence-electron chi connectivity index (χ0n) is 11.7. The van der Waals surface area contributed by atoms with Crippen LogP contribution in [0.1, 0.15) is 10.4 Å². The summed E-state index contributed by atoms with van der Waals surface area (Å²) in [6, 6.07) is 7.47. The molecule has 8 heteroatoms. The van der Waals surface area contributed by atoms with Crippen LogP contribution in [0.15, 0.2) is 46.1 Å². The lowest BCUT2D eigenvalue weighted by molar-refractivity contribution is -0.116. The van der Waals surface area contributed by atoms with Crippen LogP contribution >= 0.6 is 0 Å². The SMILES string of the molecule is COC(=O)c1ccccc1NC(=O)Cn1ccc(=O)[nH]c1=O. The summed E-state index contributed by atoms with van der Waals surface area (Å²) in [7, 11) is 1.24. The minimum atomic E-state index is -0.691. The molecule has 0 radical (unpaired) electrons. The van der Waals surface area contributed by atoms with E-state index in [9.17, 15) is 19.2 Å². The highest BCUT2D eigenvalue weighted by atomic mass is 16.5. The number of amides is 1. The van der Waals surface area contributed by atoms with Crippen molar-refractivity contribution in [2.45, 2.75) is 6.54 Å². The van der Waals surface area contributed by atoms with Crippen LogP contribution in [0.25, 0.3) is 0 Å². The lowest BCUT2D eigenvalue weighted by Gasteiger charge is -2.10. The van der Waals surface area contributed by atoms with Gasteiger partial charge in [0.1, 0.15) is 6.54 Å². The molecule has 1 amide bonds. The van der Waals surface area contributed by atoms with Crippen LogP contribution in [0, 0.1) is 0 Å². The molecule has 0 fully saturated rings. The molecule has 0 saturated carbocycles. The molecule has 2 rings (SSSR count). The Kier molecular flexibility index (Phi) is 4.52. The average molecular weight is 303 g/mol. The molecule has 22 heavy (non-hydrogen) atoms. The van der Waals surface area contributed by atoms with Gasteiger partial charge < -0.3 is 10.1 Å². The standard InChI is InChI=1S/C14H13N3O5/c1-22-13(20)9-4-2-3-5-10(9)15-12(19)8-17-7-6-11(18)16-14(17)21/h2-7H,8H2,1H3,(H,15,19)(H,16,18,21). The van der Waals surface area contributed by atoms with E-state index in [4.69, 9.17) is 0 Å². The second-order valence-electron chi connectivity index (χ2n) is 4.32. The van der Waals surface area contributed by atoms with Crippen molar-refractivity contribution in [1.29, 1.82) is 0 Å². The first-order valence-corrected chi connectivity index (χ1v) is 6.28. The van der Waals surface area contributed by atoms with E-state index in [0.717, 1.165) is 10.6 Å². The Labute approximate surface area is 124 Å². The van der Waals surface area contributed by atoms with Crippen LogP contribution in [-0.2, 0) is 16.1 Å². The van der Waals surface area contributed by atoms with Gasteiger partial charge in [-0.15, -0.1) is 0 Å². The normalized spacial score (nSPS) is 10.0. The lowest BCUT2D eigenvalue weighted by atomic mass is 10.2. The first kappa shape index (κ1) is 15.2. The number of nitrogens with one attached hydrogen (secondary N) is 2. The van der Waals surface area contributed by atoms with Crippen molar-refractivity contribution in [2.75, 3.05) is 12.4 Å². The monoisotopic (exact) mass is 303 g/mol. The van der Waals surface area contributed by atoms with Gasteiger partial charge in [-0.25, -0.2) is 9.59 Å². The summed E-state index contributed by atoms with van der Waals surface area (Å²) in [5, 5.41) is 2.52. The van der Waals surface area contributed by atoms with Gasteiger partial charge in [0.25, 0.3) is 5.56 Å². The number of rotatable bonds is 4. The minimum Gasteiger partial charge on any atom is -0.465 e. The number of aromatic nitrogens is 2. The number of aromatic amines is 1. The molecule has 1 aromatic carbocycles. The number of methoxy groups -OCH3 is 1. The van der Waals surface area contributed by atoms with E-state index >= 15 is 0 Å². The van der Waals surface area contributed by atoms with E-state index in [2.05, 4.69) is 10.1 Å². The Morgan fingerprint density at radius 1 is 1.23 bits per heavy atom. The number of H-pyrrole nitrogens is 1. The van der Waals surface area contributed by atoms with Crippen LogP contribution in [0.5, 0.6) is 0 Å². The van der Waals surface area contributed by atoms with Crippen LogP contribution in [0.3, 0.4) is 0 Å². The summed E-state index contributed by atoms with van der Waals surface area (Å²) in [5.41, 5.74) is -0.759. The maximum atomic E-state index is 12.0. The fourth-order valence-electron chi connectivity index (χ4n) is 1.79. The Morgan fingerprint density at radius 2 is 1.95 bits per heavy atom. The highest BCUT2D eigenvalue weighted by molar-refractivity contribution is 6.01. The Bertz CT molecular complexity index is 821. The molecule has 1 heterocycles. The molecule has 0 saturated heterocycles. The number of nitrogens with zero attached hydrogens (tertiary/aromatic N) is 1. The zero-order chi connectivity index (χ0) is 16.1. The average Bonchev–Trinajstić information content (AvgIpc) is 2.50. The molecule has 0 unspecified atom stereocenters. The predicted octanol–water partition coefficient (Wildman–Crippen LogP) is -0.0381. The molecule has 2 aromatic rings. The first-order valence-electron chi connectivity index (χ1n) is 6.28. The molecular weight excluding hydrogens is 290 g/mol. The van der Waals surface area contributed by atoms with Gasteiger partial charge in [0.2, 0.25) is 5.91 Å². The third-order valence-corrected chi connectivity index (χ3v) is 2.82. The van der Waals surface area contributed by atoms with Gasteiger partial charge in [0, 0.05) is 12.3 Å². The van der Waals surface area contributed by atoms with E-state index in [1.165, 1.54) is 19.4 Å². The van der Waals surface area contributed by atoms with Gasteiger partial charge in [-0.1, -0.05) is 12.1 Å². The Balaban J connectivity index is 2.18. The maximum Gasteiger partial charge on any atom is 0.339 e.